The van der Waals surface area contributed by atoms with E-state index in [-0.39, 0.29) is 5.97 Å². The Morgan fingerprint density at radius 3 is 2.81 bits per heavy atom. The van der Waals surface area contributed by atoms with Gasteiger partial charge in [-0.15, -0.1) is 0 Å². The highest BCUT2D eigenvalue weighted by Crippen LogP contribution is 2.14. The predicted molar refractivity (Wildman–Crippen MR) is 65.9 cm³/mol. The minimum Gasteiger partial charge on any atom is -0.466 e. The topological polar surface area (TPSA) is 26.3 Å². The number of ether oxygens (including phenoxy) is 1. The number of carbonyl (C=O) groups is 1. The normalized spacial score (nSPS) is 9.06. The highest BCUT2D eigenvalue weighted by Gasteiger charge is 1.90. The van der Waals surface area contributed by atoms with Crippen molar-refractivity contribution in [2.24, 2.45) is 0 Å². The van der Waals surface area contributed by atoms with Crippen LogP contribution in [0.4, 0.5) is 0 Å². The lowest BCUT2D eigenvalue weighted by Crippen LogP contribution is -1.99. The van der Waals surface area contributed by atoms with Crippen LogP contribution in [-0.4, -0.2) is 12.6 Å². The number of thioether (sulfide) groups is 1. The van der Waals surface area contributed by atoms with Crippen molar-refractivity contribution in [2.75, 3.05) is 6.61 Å². The molecule has 0 spiro atoms. The Labute approximate surface area is 100 Å². The average molecular weight is 234 g/mol. The van der Waals surface area contributed by atoms with Gasteiger partial charge in [0.2, 0.25) is 0 Å². The van der Waals surface area contributed by atoms with Crippen molar-refractivity contribution < 1.29 is 9.53 Å². The molecule has 0 bridgehead atoms. The summed E-state index contributed by atoms with van der Waals surface area (Å²) in [4.78, 5) is 11.6. The zero-order chi connectivity index (χ0) is 11.6. The van der Waals surface area contributed by atoms with Crippen LogP contribution in [0.1, 0.15) is 19.8 Å². The van der Waals surface area contributed by atoms with E-state index >= 15 is 0 Å². The predicted octanol–water partition coefficient (Wildman–Crippen LogP) is 3.08. The molecule has 0 aromatic heterocycles. The van der Waals surface area contributed by atoms with Gasteiger partial charge in [-0.3, -0.25) is 4.79 Å². The van der Waals surface area contributed by atoms with Crippen LogP contribution in [0.5, 0.6) is 0 Å². The van der Waals surface area contributed by atoms with Gasteiger partial charge in [0, 0.05) is 18.2 Å². The maximum Gasteiger partial charge on any atom is 0.302 e. The molecule has 1 aromatic carbocycles. The number of carbonyl (C=O) groups excluding carboxylic acids is 1. The molecule has 0 saturated carbocycles. The third-order valence-corrected chi connectivity index (χ3v) is 2.49. The van der Waals surface area contributed by atoms with Crippen molar-refractivity contribution in [1.29, 1.82) is 0 Å². The van der Waals surface area contributed by atoms with E-state index in [0.29, 0.717) is 6.61 Å². The largest absolute Gasteiger partial charge is 0.466 e. The summed E-state index contributed by atoms with van der Waals surface area (Å²) in [7, 11) is 0. The molecular weight excluding hydrogens is 220 g/mol. The second kappa shape index (κ2) is 7.84. The van der Waals surface area contributed by atoms with Crippen molar-refractivity contribution in [3.63, 3.8) is 0 Å². The Morgan fingerprint density at radius 2 is 2.12 bits per heavy atom. The molecular formula is C13H14O2S. The summed E-state index contributed by atoms with van der Waals surface area (Å²) >= 11 is 1.52. The molecule has 2 nitrogen and oxygen atoms in total. The average Bonchev–Trinajstić information content (AvgIpc) is 2.29. The lowest BCUT2D eigenvalue weighted by molar-refractivity contribution is -0.141. The standard InChI is InChI=1S/C13H14O2S/c1-12(14)15-10-6-3-7-11-16-13-8-4-2-5-9-13/h2,4-5,8-9H,3,6,10H2,1H3. The summed E-state index contributed by atoms with van der Waals surface area (Å²) in [5, 5.41) is 3.02. The molecule has 0 radical (unpaired) electrons. The van der Waals surface area contributed by atoms with Crippen molar-refractivity contribution in [3.05, 3.63) is 30.3 Å². The minimum atomic E-state index is -0.230. The first kappa shape index (κ1) is 12.7. The van der Waals surface area contributed by atoms with Gasteiger partial charge in [0.05, 0.1) is 6.61 Å². The number of unbranched alkanes of at least 4 members (excludes halogenated alkanes) is 1. The molecule has 16 heavy (non-hydrogen) atoms. The Balaban J connectivity index is 2.12. The summed E-state index contributed by atoms with van der Waals surface area (Å²) in [5.74, 6) is 2.80. The first-order valence-electron chi connectivity index (χ1n) is 5.12. The van der Waals surface area contributed by atoms with Gasteiger partial charge in [0.1, 0.15) is 0 Å². The van der Waals surface area contributed by atoms with Gasteiger partial charge in [0.25, 0.3) is 0 Å². The van der Waals surface area contributed by atoms with Crippen LogP contribution >= 0.6 is 11.8 Å². The van der Waals surface area contributed by atoms with Gasteiger partial charge < -0.3 is 4.74 Å². The Bertz CT molecular complexity index is 376. The quantitative estimate of drug-likeness (QED) is 0.346. The fourth-order valence-corrected chi connectivity index (χ4v) is 1.60. The molecule has 0 N–H and O–H groups in total. The van der Waals surface area contributed by atoms with E-state index in [9.17, 15) is 4.79 Å². The van der Waals surface area contributed by atoms with E-state index in [2.05, 4.69) is 11.2 Å². The molecule has 0 aliphatic rings. The molecule has 3 heteroatoms. The summed E-state index contributed by atoms with van der Waals surface area (Å²) in [6, 6.07) is 10.0. The van der Waals surface area contributed by atoms with Gasteiger partial charge in [-0.1, -0.05) is 24.1 Å². The molecule has 0 aliphatic carbocycles. The van der Waals surface area contributed by atoms with E-state index in [1.54, 1.807) is 0 Å². The van der Waals surface area contributed by atoms with Crippen LogP contribution in [0.2, 0.25) is 0 Å². The molecule has 0 saturated heterocycles. The molecule has 0 unspecified atom stereocenters. The maximum atomic E-state index is 10.5. The third kappa shape index (κ3) is 6.15. The van der Waals surface area contributed by atoms with E-state index in [4.69, 9.17) is 4.74 Å². The first-order valence-corrected chi connectivity index (χ1v) is 5.94. The Kier molecular flexibility index (Phi) is 6.20. The van der Waals surface area contributed by atoms with Crippen LogP contribution < -0.4 is 0 Å². The molecule has 0 fully saturated rings. The smallest absolute Gasteiger partial charge is 0.302 e. The SMILES string of the molecule is CC(=O)OCCCC#CSc1ccccc1. The second-order valence-electron chi connectivity index (χ2n) is 3.14. The third-order valence-electron chi connectivity index (χ3n) is 1.74. The van der Waals surface area contributed by atoms with Gasteiger partial charge in [0.15, 0.2) is 0 Å². The molecule has 0 aliphatic heterocycles. The summed E-state index contributed by atoms with van der Waals surface area (Å²) in [6.45, 7) is 1.87. The summed E-state index contributed by atoms with van der Waals surface area (Å²) in [5.41, 5.74) is 0. The Hall–Kier alpha value is -1.40. The summed E-state index contributed by atoms with van der Waals surface area (Å²) < 4.78 is 4.79. The highest BCUT2D eigenvalue weighted by molar-refractivity contribution is 8.03. The van der Waals surface area contributed by atoms with Crippen molar-refractivity contribution in [3.8, 4) is 11.2 Å². The number of hydrogen-bond donors (Lipinski definition) is 0. The fourth-order valence-electron chi connectivity index (χ4n) is 1.01. The molecule has 84 valence electrons. The number of benzene rings is 1. The van der Waals surface area contributed by atoms with Gasteiger partial charge in [-0.05, 0) is 35.6 Å². The van der Waals surface area contributed by atoms with Crippen LogP contribution in [0, 0.1) is 11.2 Å². The van der Waals surface area contributed by atoms with E-state index in [1.807, 2.05) is 30.3 Å². The minimum absolute atomic E-state index is 0.230. The lowest BCUT2D eigenvalue weighted by atomic mass is 10.3. The number of hydrogen-bond acceptors (Lipinski definition) is 3. The lowest BCUT2D eigenvalue weighted by Gasteiger charge is -1.96. The number of esters is 1. The van der Waals surface area contributed by atoms with Gasteiger partial charge >= 0.3 is 5.97 Å². The van der Waals surface area contributed by atoms with Gasteiger partial charge in [-0.25, -0.2) is 0 Å². The fraction of sp³-hybridized carbons (Fsp3) is 0.308. The zero-order valence-electron chi connectivity index (χ0n) is 9.23. The molecule has 0 amide bonds. The molecule has 0 atom stereocenters. The Morgan fingerprint density at radius 1 is 1.38 bits per heavy atom. The second-order valence-corrected chi connectivity index (χ2v) is 4.02. The van der Waals surface area contributed by atoms with Crippen LogP contribution in [0.25, 0.3) is 0 Å². The monoisotopic (exact) mass is 234 g/mol. The van der Waals surface area contributed by atoms with Crippen molar-refractivity contribution >= 4 is 17.7 Å². The van der Waals surface area contributed by atoms with Gasteiger partial charge in [-0.2, -0.15) is 0 Å². The summed E-state index contributed by atoms with van der Waals surface area (Å²) in [6.07, 6.45) is 1.55. The number of rotatable bonds is 4. The van der Waals surface area contributed by atoms with Crippen LogP contribution in [-0.2, 0) is 9.53 Å². The molecule has 1 rings (SSSR count). The van der Waals surface area contributed by atoms with Crippen LogP contribution in [0.3, 0.4) is 0 Å². The highest BCUT2D eigenvalue weighted by atomic mass is 32.2. The van der Waals surface area contributed by atoms with E-state index in [1.165, 1.54) is 18.7 Å². The first-order chi connectivity index (χ1) is 7.79. The van der Waals surface area contributed by atoms with Crippen LogP contribution in [0.15, 0.2) is 35.2 Å². The van der Waals surface area contributed by atoms with E-state index < -0.39 is 0 Å². The molecule has 0 heterocycles. The van der Waals surface area contributed by atoms with E-state index in [0.717, 1.165) is 17.7 Å². The maximum absolute atomic E-state index is 10.5. The molecule has 1 aromatic rings. The van der Waals surface area contributed by atoms with Crippen molar-refractivity contribution in [1.82, 2.24) is 0 Å². The van der Waals surface area contributed by atoms with Crippen molar-refractivity contribution in [2.45, 2.75) is 24.7 Å². The zero-order valence-corrected chi connectivity index (χ0v) is 10.0.